The number of esters is 1. The molecule has 1 heterocycles. The molecular weight excluding hydrogens is 482 g/mol. The second-order valence-corrected chi connectivity index (χ2v) is 10.6. The van der Waals surface area contributed by atoms with Gasteiger partial charge in [0.25, 0.3) is 0 Å². The van der Waals surface area contributed by atoms with E-state index in [-0.39, 0.29) is 36.9 Å². The quantitative estimate of drug-likeness (QED) is 0.314. The maximum absolute atomic E-state index is 14.1. The highest BCUT2D eigenvalue weighted by Crippen LogP contribution is 2.47. The van der Waals surface area contributed by atoms with Crippen molar-refractivity contribution < 1.29 is 24.2 Å². The van der Waals surface area contributed by atoms with Crippen molar-refractivity contribution in [1.82, 2.24) is 4.90 Å². The predicted molar refractivity (Wildman–Crippen MR) is 150 cm³/mol. The molecule has 6 atom stereocenters. The summed E-state index contributed by atoms with van der Waals surface area (Å²) >= 11 is 0. The lowest BCUT2D eigenvalue weighted by molar-refractivity contribution is -0.156. The lowest BCUT2D eigenvalue weighted by Gasteiger charge is -2.35. The van der Waals surface area contributed by atoms with Crippen LogP contribution in [0.15, 0.2) is 36.4 Å². The molecule has 2 amide bonds. The Labute approximate surface area is 227 Å². The third kappa shape index (κ3) is 5.90. The van der Waals surface area contributed by atoms with Crippen molar-refractivity contribution in [3.63, 3.8) is 0 Å². The molecule has 0 spiro atoms. The molecule has 0 saturated carbocycles. The monoisotopic (exact) mass is 527 g/mol. The van der Waals surface area contributed by atoms with E-state index in [0.29, 0.717) is 5.69 Å². The number of ether oxygens (including phenoxy) is 1. The van der Waals surface area contributed by atoms with E-state index in [1.54, 1.807) is 11.8 Å². The minimum absolute atomic E-state index is 0.0794. The lowest BCUT2D eigenvalue weighted by atomic mass is 9.69. The summed E-state index contributed by atoms with van der Waals surface area (Å²) in [6.07, 6.45) is 5.55. The topological polar surface area (TPSA) is 99.2 Å². The van der Waals surface area contributed by atoms with Crippen LogP contribution < -0.4 is 10.2 Å². The van der Waals surface area contributed by atoms with Crippen LogP contribution in [0.3, 0.4) is 0 Å². The molecule has 0 unspecified atom stereocenters. The van der Waals surface area contributed by atoms with E-state index in [9.17, 15) is 19.5 Å². The van der Waals surface area contributed by atoms with Crippen LogP contribution >= 0.6 is 0 Å². The molecule has 1 saturated heterocycles. The molecule has 1 aromatic rings. The number of amides is 2. The van der Waals surface area contributed by atoms with Crippen LogP contribution in [-0.2, 0) is 19.1 Å². The maximum Gasteiger partial charge on any atom is 0.310 e. The van der Waals surface area contributed by atoms with Gasteiger partial charge in [0.05, 0.1) is 31.1 Å². The van der Waals surface area contributed by atoms with Crippen LogP contribution in [-0.4, -0.2) is 66.2 Å². The summed E-state index contributed by atoms with van der Waals surface area (Å²) in [6.45, 7) is 13.6. The number of nitrogens with zero attached hydrogens (tertiary/aromatic N) is 2. The molecule has 0 aromatic heterocycles. The summed E-state index contributed by atoms with van der Waals surface area (Å²) in [5.41, 5.74) is 1.71. The highest BCUT2D eigenvalue weighted by molar-refractivity contribution is 6.01. The third-order valence-corrected chi connectivity index (χ3v) is 8.07. The first kappa shape index (κ1) is 29.7. The Balaban J connectivity index is 1.99. The second-order valence-electron chi connectivity index (χ2n) is 10.6. The number of nitrogens with one attached hydrogen (secondary N) is 1. The summed E-state index contributed by atoms with van der Waals surface area (Å²) in [5, 5.41) is 13.3. The first-order chi connectivity index (χ1) is 18.2. The Kier molecular flexibility index (Phi) is 10.4. The van der Waals surface area contributed by atoms with Crippen molar-refractivity contribution in [2.75, 3.05) is 36.5 Å². The number of aliphatic hydroxyl groups excluding tert-OH is 1. The number of hydrogen-bond acceptors (Lipinski definition) is 6. The number of hydrogen-bond donors (Lipinski definition) is 2. The molecule has 1 aliphatic carbocycles. The van der Waals surface area contributed by atoms with Gasteiger partial charge in [-0.05, 0) is 63.3 Å². The fourth-order valence-corrected chi connectivity index (χ4v) is 6.15. The zero-order valence-corrected chi connectivity index (χ0v) is 23.7. The number of rotatable bonds is 12. The van der Waals surface area contributed by atoms with E-state index in [1.165, 1.54) is 0 Å². The normalized spacial score (nSPS) is 25.3. The summed E-state index contributed by atoms with van der Waals surface area (Å²) < 4.78 is 5.43. The summed E-state index contributed by atoms with van der Waals surface area (Å²) in [6, 6.07) is 6.29. The molecule has 1 aromatic carbocycles. The largest absolute Gasteiger partial charge is 0.466 e. The molecule has 0 radical (unpaired) electrons. The minimum Gasteiger partial charge on any atom is -0.466 e. The number of aliphatic hydroxyl groups is 1. The SMILES string of the molecule is CCC[C@@H]1C=C[C@H]2[C@H](C(=O)N([C@@H](CO)C(C)C)[C@@H]2C(=O)Nc2ccc(N(CC)CC)cc2)[C@@H]1C(=O)OCC. The summed E-state index contributed by atoms with van der Waals surface area (Å²) in [4.78, 5) is 44.9. The molecule has 3 rings (SSSR count). The van der Waals surface area contributed by atoms with Crippen LogP contribution in [0.5, 0.6) is 0 Å². The van der Waals surface area contributed by atoms with E-state index >= 15 is 0 Å². The molecule has 1 fully saturated rings. The van der Waals surface area contributed by atoms with Crippen molar-refractivity contribution in [3.05, 3.63) is 36.4 Å². The maximum atomic E-state index is 14.1. The van der Waals surface area contributed by atoms with E-state index in [2.05, 4.69) is 24.1 Å². The number of allylic oxidation sites excluding steroid dienone is 1. The molecular formula is C30H45N3O5. The van der Waals surface area contributed by atoms with Gasteiger partial charge < -0.3 is 25.0 Å². The Morgan fingerprint density at radius 3 is 2.26 bits per heavy atom. The van der Waals surface area contributed by atoms with Crippen LogP contribution in [0, 0.1) is 29.6 Å². The van der Waals surface area contributed by atoms with E-state index in [0.717, 1.165) is 31.6 Å². The van der Waals surface area contributed by atoms with E-state index in [4.69, 9.17) is 4.74 Å². The van der Waals surface area contributed by atoms with E-state index < -0.39 is 35.8 Å². The van der Waals surface area contributed by atoms with Gasteiger partial charge in [-0.1, -0.05) is 39.3 Å². The van der Waals surface area contributed by atoms with Crippen LogP contribution in [0.4, 0.5) is 11.4 Å². The number of benzene rings is 1. The fourth-order valence-electron chi connectivity index (χ4n) is 6.15. The predicted octanol–water partition coefficient (Wildman–Crippen LogP) is 4.10. The number of likely N-dealkylation sites (tertiary alicyclic amines) is 1. The molecule has 8 heteroatoms. The van der Waals surface area contributed by atoms with Gasteiger partial charge in [-0.2, -0.15) is 0 Å². The Hall–Kier alpha value is -2.87. The molecule has 210 valence electrons. The van der Waals surface area contributed by atoms with Crippen molar-refractivity contribution >= 4 is 29.2 Å². The standard InChI is InChI=1S/C30H45N3O5/c1-7-11-20-12-17-23-26(25(20)30(37)38-10-4)29(36)33(24(18-34)19(5)6)27(23)28(35)31-21-13-15-22(16-14-21)32(8-2)9-3/h12-17,19-20,23-27,34H,7-11,18H2,1-6H3,(H,31,35)/t20-,23+,24+,25-,26+,27+/m1/s1. The van der Waals surface area contributed by atoms with Gasteiger partial charge in [0.2, 0.25) is 11.8 Å². The van der Waals surface area contributed by atoms with Crippen LogP contribution in [0.1, 0.15) is 54.4 Å². The number of carbonyl (C=O) groups excluding carboxylic acids is 3. The molecule has 2 N–H and O–H groups in total. The van der Waals surface area contributed by atoms with Gasteiger partial charge in [0.15, 0.2) is 0 Å². The average Bonchev–Trinajstić information content (AvgIpc) is 3.18. The number of anilines is 2. The molecule has 38 heavy (non-hydrogen) atoms. The Morgan fingerprint density at radius 1 is 1.08 bits per heavy atom. The van der Waals surface area contributed by atoms with Crippen molar-refractivity contribution in [2.24, 2.45) is 29.6 Å². The highest BCUT2D eigenvalue weighted by Gasteiger charge is 2.59. The van der Waals surface area contributed by atoms with Crippen molar-refractivity contribution in [3.8, 4) is 0 Å². The third-order valence-electron chi connectivity index (χ3n) is 8.07. The summed E-state index contributed by atoms with van der Waals surface area (Å²) in [7, 11) is 0. The summed E-state index contributed by atoms with van der Waals surface area (Å²) in [5.74, 6) is -3.03. The fraction of sp³-hybridized carbons (Fsp3) is 0.633. The molecule has 0 bridgehead atoms. The first-order valence-corrected chi connectivity index (χ1v) is 14.2. The zero-order valence-electron chi connectivity index (χ0n) is 23.7. The number of fused-ring (bicyclic) bond motifs is 1. The number of carbonyl (C=O) groups is 3. The second kappa shape index (κ2) is 13.3. The average molecular weight is 528 g/mol. The zero-order chi connectivity index (χ0) is 28.0. The Bertz CT molecular complexity index is 988. The van der Waals surface area contributed by atoms with Gasteiger partial charge in [-0.15, -0.1) is 0 Å². The Morgan fingerprint density at radius 2 is 1.74 bits per heavy atom. The first-order valence-electron chi connectivity index (χ1n) is 14.2. The van der Waals surface area contributed by atoms with Crippen molar-refractivity contribution in [2.45, 2.75) is 66.5 Å². The molecule has 8 nitrogen and oxygen atoms in total. The lowest BCUT2D eigenvalue weighted by Crippen LogP contribution is -2.52. The minimum atomic E-state index is -0.842. The van der Waals surface area contributed by atoms with E-state index in [1.807, 2.05) is 57.2 Å². The molecule has 2 aliphatic rings. The van der Waals surface area contributed by atoms with Gasteiger partial charge in [-0.25, -0.2) is 0 Å². The smallest absolute Gasteiger partial charge is 0.310 e. The molecule has 1 aliphatic heterocycles. The van der Waals surface area contributed by atoms with Crippen LogP contribution in [0.2, 0.25) is 0 Å². The van der Waals surface area contributed by atoms with Gasteiger partial charge in [-0.3, -0.25) is 14.4 Å². The van der Waals surface area contributed by atoms with Gasteiger partial charge >= 0.3 is 5.97 Å². The van der Waals surface area contributed by atoms with Crippen molar-refractivity contribution in [1.29, 1.82) is 0 Å². The van der Waals surface area contributed by atoms with Gasteiger partial charge in [0.1, 0.15) is 6.04 Å². The van der Waals surface area contributed by atoms with Gasteiger partial charge in [0, 0.05) is 30.4 Å². The highest BCUT2D eigenvalue weighted by atomic mass is 16.5. The van der Waals surface area contributed by atoms with Crippen LogP contribution in [0.25, 0.3) is 0 Å².